The van der Waals surface area contributed by atoms with Crippen LogP contribution in [0, 0.1) is 0 Å². The van der Waals surface area contributed by atoms with Crippen LogP contribution in [0.3, 0.4) is 0 Å². The molecule has 0 aliphatic carbocycles. The first-order chi connectivity index (χ1) is 6.11. The van der Waals surface area contributed by atoms with Crippen molar-refractivity contribution in [2.75, 3.05) is 0 Å². The number of nitrogens with one attached hydrogen (secondary N) is 1. The fourth-order valence-electron chi connectivity index (χ4n) is 1.13. The van der Waals surface area contributed by atoms with E-state index in [1.165, 1.54) is 6.33 Å². The zero-order valence-corrected chi connectivity index (χ0v) is 8.21. The number of hydrogen-bond acceptors (Lipinski definition) is 4. The van der Waals surface area contributed by atoms with E-state index in [2.05, 4.69) is 27.8 Å². The molecule has 0 aliphatic heterocycles. The van der Waals surface area contributed by atoms with E-state index in [1.807, 2.05) is 6.92 Å². The highest BCUT2D eigenvalue weighted by molar-refractivity contribution is 7.82. The highest BCUT2D eigenvalue weighted by atomic mass is 32.1. The Hall–Kier alpha value is -1.04. The van der Waals surface area contributed by atoms with Gasteiger partial charge in [0, 0.05) is 0 Å². The lowest BCUT2D eigenvalue weighted by Gasteiger charge is -2.20. The van der Waals surface area contributed by atoms with E-state index >= 15 is 0 Å². The summed E-state index contributed by atoms with van der Waals surface area (Å²) in [4.78, 5) is 13.9. The molecular weight excluding hydrogens is 188 g/mol. The number of aromatic nitrogens is 3. The number of amides is 1. The van der Waals surface area contributed by atoms with Gasteiger partial charge in [-0.15, -0.1) is 10.2 Å². The van der Waals surface area contributed by atoms with Crippen molar-refractivity contribution in [1.82, 2.24) is 15.2 Å². The third-order valence-electron chi connectivity index (χ3n) is 1.83. The first kappa shape index (κ1) is 10.0. The molecule has 0 saturated heterocycles. The molecule has 1 unspecified atom stereocenters. The van der Waals surface area contributed by atoms with Crippen LogP contribution in [0.4, 0.5) is 0 Å². The minimum absolute atomic E-state index is 0.408. The molecular formula is C7H12N4OS. The quantitative estimate of drug-likeness (QED) is 0.608. The standard InChI is InChI=1S/C7H12N4OS/c1-2-3-7(13,5(8)12)6-9-4-10-11-6/h4,13H,2-3H2,1H3,(H2,8,12)(H,9,10,11). The van der Waals surface area contributed by atoms with Gasteiger partial charge in [-0.2, -0.15) is 12.6 Å². The van der Waals surface area contributed by atoms with Crippen LogP contribution in [0.5, 0.6) is 0 Å². The van der Waals surface area contributed by atoms with Gasteiger partial charge in [0.15, 0.2) is 10.6 Å². The Morgan fingerprint density at radius 2 is 2.54 bits per heavy atom. The molecule has 1 atom stereocenters. The Morgan fingerprint density at radius 3 is 2.92 bits per heavy atom. The summed E-state index contributed by atoms with van der Waals surface area (Å²) in [7, 11) is 0. The number of hydrogen-bond donors (Lipinski definition) is 3. The average Bonchev–Trinajstić information content (AvgIpc) is 2.56. The van der Waals surface area contributed by atoms with Crippen molar-refractivity contribution in [2.45, 2.75) is 24.5 Å². The van der Waals surface area contributed by atoms with E-state index in [-0.39, 0.29) is 0 Å². The SMILES string of the molecule is CCCC(S)(C(N)=O)c1nnc[nH]1. The Labute approximate surface area is 81.5 Å². The summed E-state index contributed by atoms with van der Waals surface area (Å²) >= 11 is 4.24. The molecule has 72 valence electrons. The van der Waals surface area contributed by atoms with Crippen LogP contribution in [0.25, 0.3) is 0 Å². The van der Waals surface area contributed by atoms with Gasteiger partial charge in [0.2, 0.25) is 5.91 Å². The number of rotatable bonds is 4. The molecule has 0 radical (unpaired) electrons. The highest BCUT2D eigenvalue weighted by Gasteiger charge is 2.36. The van der Waals surface area contributed by atoms with Gasteiger partial charge in [-0.3, -0.25) is 4.79 Å². The number of carbonyl (C=O) groups is 1. The van der Waals surface area contributed by atoms with Gasteiger partial charge in [-0.05, 0) is 6.42 Å². The van der Waals surface area contributed by atoms with Crippen molar-refractivity contribution in [3.63, 3.8) is 0 Å². The summed E-state index contributed by atoms with van der Waals surface area (Å²) in [6.45, 7) is 1.95. The molecule has 3 N–H and O–H groups in total. The van der Waals surface area contributed by atoms with Gasteiger partial charge in [-0.25, -0.2) is 0 Å². The molecule has 0 saturated carbocycles. The molecule has 0 bridgehead atoms. The monoisotopic (exact) mass is 200 g/mol. The van der Waals surface area contributed by atoms with E-state index in [9.17, 15) is 4.79 Å². The lowest BCUT2D eigenvalue weighted by Crippen LogP contribution is -2.37. The van der Waals surface area contributed by atoms with Crippen LogP contribution in [0.15, 0.2) is 6.33 Å². The van der Waals surface area contributed by atoms with E-state index in [4.69, 9.17) is 5.73 Å². The predicted octanol–water partition coefficient (Wildman–Crippen LogP) is 0.215. The topological polar surface area (TPSA) is 84.7 Å². The minimum Gasteiger partial charge on any atom is -0.368 e. The van der Waals surface area contributed by atoms with Gasteiger partial charge in [-0.1, -0.05) is 13.3 Å². The van der Waals surface area contributed by atoms with Crippen LogP contribution in [-0.2, 0) is 9.54 Å². The van der Waals surface area contributed by atoms with E-state index in [0.29, 0.717) is 12.2 Å². The van der Waals surface area contributed by atoms with Crippen molar-refractivity contribution in [2.24, 2.45) is 5.73 Å². The third-order valence-corrected chi connectivity index (χ3v) is 2.48. The van der Waals surface area contributed by atoms with Crippen molar-refractivity contribution in [3.8, 4) is 0 Å². The number of aromatic amines is 1. The van der Waals surface area contributed by atoms with Crippen LogP contribution in [0.2, 0.25) is 0 Å². The summed E-state index contributed by atoms with van der Waals surface area (Å²) in [6.07, 6.45) is 2.74. The maximum atomic E-state index is 11.2. The van der Waals surface area contributed by atoms with Crippen LogP contribution < -0.4 is 5.73 Å². The molecule has 1 aromatic heterocycles. The minimum atomic E-state index is -1.02. The Balaban J connectivity index is 2.98. The van der Waals surface area contributed by atoms with Gasteiger partial charge >= 0.3 is 0 Å². The van der Waals surface area contributed by atoms with Crippen molar-refractivity contribution in [3.05, 3.63) is 12.2 Å². The van der Waals surface area contributed by atoms with Crippen molar-refractivity contribution in [1.29, 1.82) is 0 Å². The van der Waals surface area contributed by atoms with Gasteiger partial charge in [0.1, 0.15) is 6.33 Å². The molecule has 0 aliphatic rings. The second kappa shape index (κ2) is 3.78. The van der Waals surface area contributed by atoms with E-state index in [0.717, 1.165) is 6.42 Å². The van der Waals surface area contributed by atoms with Gasteiger partial charge in [0.25, 0.3) is 0 Å². The zero-order valence-electron chi connectivity index (χ0n) is 7.32. The van der Waals surface area contributed by atoms with E-state index < -0.39 is 10.7 Å². The number of nitrogens with two attached hydrogens (primary N) is 1. The van der Waals surface area contributed by atoms with Gasteiger partial charge < -0.3 is 10.7 Å². The van der Waals surface area contributed by atoms with Crippen molar-refractivity contribution < 1.29 is 4.79 Å². The van der Waals surface area contributed by atoms with Crippen LogP contribution in [-0.4, -0.2) is 21.1 Å². The molecule has 13 heavy (non-hydrogen) atoms. The number of H-pyrrole nitrogens is 1. The fraction of sp³-hybridized carbons (Fsp3) is 0.571. The summed E-state index contributed by atoms with van der Waals surface area (Å²) in [5, 5.41) is 7.34. The Bertz CT molecular complexity index is 287. The summed E-state index contributed by atoms with van der Waals surface area (Å²) < 4.78 is -1.02. The molecule has 1 amide bonds. The Kier molecular flexibility index (Phi) is 2.92. The lowest BCUT2D eigenvalue weighted by atomic mass is 10.0. The number of thiol groups is 1. The molecule has 0 spiro atoms. The Morgan fingerprint density at radius 1 is 1.85 bits per heavy atom. The summed E-state index contributed by atoms with van der Waals surface area (Å²) in [5.41, 5.74) is 5.25. The second-order valence-corrected chi connectivity index (χ2v) is 3.58. The maximum Gasteiger partial charge on any atom is 0.241 e. The predicted molar refractivity (Wildman–Crippen MR) is 51.1 cm³/mol. The number of nitrogens with zero attached hydrogens (tertiary/aromatic N) is 2. The molecule has 1 rings (SSSR count). The van der Waals surface area contributed by atoms with Crippen LogP contribution >= 0.6 is 12.6 Å². The largest absolute Gasteiger partial charge is 0.368 e. The van der Waals surface area contributed by atoms with Gasteiger partial charge in [0.05, 0.1) is 0 Å². The maximum absolute atomic E-state index is 11.2. The molecule has 0 fully saturated rings. The summed E-state index contributed by atoms with van der Waals surface area (Å²) in [6, 6.07) is 0. The van der Waals surface area contributed by atoms with E-state index in [1.54, 1.807) is 0 Å². The molecule has 1 heterocycles. The number of primary amides is 1. The lowest BCUT2D eigenvalue weighted by molar-refractivity contribution is -0.120. The highest BCUT2D eigenvalue weighted by Crippen LogP contribution is 2.30. The second-order valence-electron chi connectivity index (χ2n) is 2.81. The average molecular weight is 200 g/mol. The molecule has 1 aromatic rings. The van der Waals surface area contributed by atoms with Crippen LogP contribution in [0.1, 0.15) is 25.6 Å². The first-order valence-corrected chi connectivity index (χ1v) is 4.44. The third kappa shape index (κ3) is 1.82. The molecule has 6 heteroatoms. The molecule has 5 nitrogen and oxygen atoms in total. The first-order valence-electron chi connectivity index (χ1n) is 4.00. The van der Waals surface area contributed by atoms with Crippen molar-refractivity contribution >= 4 is 18.5 Å². The smallest absolute Gasteiger partial charge is 0.241 e. The normalized spacial score (nSPS) is 15.2. The molecule has 0 aromatic carbocycles. The zero-order chi connectivity index (χ0) is 9.90. The fourth-order valence-corrected chi connectivity index (χ4v) is 1.46. The number of carbonyl (C=O) groups excluding carboxylic acids is 1. The summed E-state index contributed by atoms with van der Waals surface area (Å²) in [5.74, 6) is -0.0976.